The minimum Gasteiger partial charge on any atom is -0.490 e. The van der Waals surface area contributed by atoms with E-state index >= 15 is 0 Å². The van der Waals surface area contributed by atoms with Crippen LogP contribution in [-0.4, -0.2) is 19.2 Å². The highest BCUT2D eigenvalue weighted by molar-refractivity contribution is 6.05. The molecule has 0 aliphatic rings. The van der Waals surface area contributed by atoms with Gasteiger partial charge >= 0.3 is 5.97 Å². The van der Waals surface area contributed by atoms with Gasteiger partial charge in [0.1, 0.15) is 23.0 Å². The predicted molar refractivity (Wildman–Crippen MR) is 80.4 cm³/mol. The number of methoxy groups -OCH3 is 1. The molecular weight excluding hydrogens is 268 g/mol. The number of hydrogen-bond donors (Lipinski definition) is 0. The highest BCUT2D eigenvalue weighted by atomic mass is 16.5. The van der Waals surface area contributed by atoms with Crippen molar-refractivity contribution >= 4 is 27.9 Å². The van der Waals surface area contributed by atoms with Crippen molar-refractivity contribution in [2.24, 2.45) is 0 Å². The molecule has 4 heteroatoms. The molecule has 0 bridgehead atoms. The number of carbonyl (C=O) groups is 1. The Labute approximate surface area is 122 Å². The van der Waals surface area contributed by atoms with Gasteiger partial charge in [0.2, 0.25) is 0 Å². The summed E-state index contributed by atoms with van der Waals surface area (Å²) < 4.78 is 16.2. The smallest absolute Gasteiger partial charge is 0.309 e. The van der Waals surface area contributed by atoms with Gasteiger partial charge in [-0.15, -0.1) is 0 Å². The molecule has 0 saturated heterocycles. The molecule has 3 aromatic rings. The van der Waals surface area contributed by atoms with Crippen molar-refractivity contribution in [3.05, 3.63) is 42.5 Å². The number of para-hydroxylation sites is 1. The lowest BCUT2D eigenvalue weighted by Gasteiger charge is -2.13. The van der Waals surface area contributed by atoms with Gasteiger partial charge in [0.15, 0.2) is 0 Å². The highest BCUT2D eigenvalue weighted by Crippen LogP contribution is 2.31. The first-order chi connectivity index (χ1) is 10.2. The van der Waals surface area contributed by atoms with Crippen molar-refractivity contribution in [2.45, 2.75) is 19.4 Å². The second-order valence-electron chi connectivity index (χ2n) is 4.96. The molecule has 21 heavy (non-hydrogen) atoms. The first-order valence-corrected chi connectivity index (χ1v) is 6.82. The number of rotatable bonds is 4. The molecule has 0 radical (unpaired) electrons. The van der Waals surface area contributed by atoms with E-state index in [-0.39, 0.29) is 18.5 Å². The Balaban J connectivity index is 1.90. The second-order valence-corrected chi connectivity index (χ2v) is 4.96. The van der Waals surface area contributed by atoms with Gasteiger partial charge in [-0.05, 0) is 31.2 Å². The van der Waals surface area contributed by atoms with Crippen LogP contribution in [0.5, 0.6) is 5.75 Å². The van der Waals surface area contributed by atoms with E-state index in [2.05, 4.69) is 4.74 Å². The maximum atomic E-state index is 11.2. The summed E-state index contributed by atoms with van der Waals surface area (Å²) in [7, 11) is 1.37. The average molecular weight is 284 g/mol. The number of benzene rings is 2. The molecule has 0 N–H and O–H groups in total. The summed E-state index contributed by atoms with van der Waals surface area (Å²) >= 11 is 0. The van der Waals surface area contributed by atoms with Gasteiger partial charge in [-0.2, -0.15) is 0 Å². The molecule has 0 amide bonds. The number of carbonyl (C=O) groups excluding carboxylic acids is 1. The fourth-order valence-electron chi connectivity index (χ4n) is 2.37. The van der Waals surface area contributed by atoms with Crippen LogP contribution in [0.3, 0.4) is 0 Å². The molecule has 0 saturated carbocycles. The molecule has 1 unspecified atom stereocenters. The zero-order chi connectivity index (χ0) is 14.8. The van der Waals surface area contributed by atoms with E-state index in [9.17, 15) is 4.79 Å². The maximum Gasteiger partial charge on any atom is 0.309 e. The molecule has 1 atom stereocenters. The average Bonchev–Trinajstić information content (AvgIpc) is 2.85. The van der Waals surface area contributed by atoms with Crippen molar-refractivity contribution < 1.29 is 18.7 Å². The molecule has 0 spiro atoms. The van der Waals surface area contributed by atoms with Crippen molar-refractivity contribution in [1.82, 2.24) is 0 Å². The monoisotopic (exact) mass is 284 g/mol. The topological polar surface area (TPSA) is 48.7 Å². The molecule has 3 rings (SSSR count). The van der Waals surface area contributed by atoms with Crippen molar-refractivity contribution in [3.8, 4) is 5.75 Å². The molecule has 1 aromatic heterocycles. The normalized spacial score (nSPS) is 12.5. The Hall–Kier alpha value is -2.49. The molecule has 0 aliphatic carbocycles. The Morgan fingerprint density at radius 2 is 1.90 bits per heavy atom. The lowest BCUT2D eigenvalue weighted by atomic mass is 10.1. The Morgan fingerprint density at radius 3 is 2.71 bits per heavy atom. The number of ether oxygens (including phenoxy) is 2. The van der Waals surface area contributed by atoms with Crippen LogP contribution in [0.2, 0.25) is 0 Å². The Kier molecular flexibility index (Phi) is 3.52. The standard InChI is InChI=1S/C17H16O4/c1-11(9-17(18)19-2)20-12-7-8-16-14(10-12)13-5-3-4-6-15(13)21-16/h3-8,10-11H,9H2,1-2H3. The zero-order valence-corrected chi connectivity index (χ0v) is 12.0. The van der Waals surface area contributed by atoms with Crippen LogP contribution in [0.15, 0.2) is 46.9 Å². The van der Waals surface area contributed by atoms with Gasteiger partial charge in [0.25, 0.3) is 0 Å². The van der Waals surface area contributed by atoms with Gasteiger partial charge in [-0.25, -0.2) is 0 Å². The van der Waals surface area contributed by atoms with E-state index in [0.717, 1.165) is 21.9 Å². The fourth-order valence-corrected chi connectivity index (χ4v) is 2.37. The number of esters is 1. The number of furan rings is 1. The van der Waals surface area contributed by atoms with E-state index in [0.29, 0.717) is 5.75 Å². The fraction of sp³-hybridized carbons (Fsp3) is 0.235. The number of hydrogen-bond acceptors (Lipinski definition) is 4. The summed E-state index contributed by atoms with van der Waals surface area (Å²) in [6.07, 6.45) is -0.0196. The third-order valence-corrected chi connectivity index (χ3v) is 3.37. The molecule has 0 aliphatic heterocycles. The third-order valence-electron chi connectivity index (χ3n) is 3.37. The maximum absolute atomic E-state index is 11.2. The first-order valence-electron chi connectivity index (χ1n) is 6.82. The van der Waals surface area contributed by atoms with Gasteiger partial charge < -0.3 is 13.9 Å². The highest BCUT2D eigenvalue weighted by Gasteiger charge is 2.12. The summed E-state index contributed by atoms with van der Waals surface area (Å²) in [5.74, 6) is 0.433. The van der Waals surface area contributed by atoms with Crippen LogP contribution in [0.4, 0.5) is 0 Å². The lowest BCUT2D eigenvalue weighted by Crippen LogP contribution is -2.17. The van der Waals surface area contributed by atoms with Gasteiger partial charge in [0.05, 0.1) is 13.5 Å². The van der Waals surface area contributed by atoms with Gasteiger partial charge in [-0.3, -0.25) is 4.79 Å². The summed E-state index contributed by atoms with van der Waals surface area (Å²) in [6, 6.07) is 13.5. The van der Waals surface area contributed by atoms with Crippen LogP contribution in [0.25, 0.3) is 21.9 Å². The lowest BCUT2D eigenvalue weighted by molar-refractivity contribution is -0.142. The molecule has 4 nitrogen and oxygen atoms in total. The molecule has 2 aromatic carbocycles. The van der Waals surface area contributed by atoms with E-state index < -0.39 is 0 Å². The second kappa shape index (κ2) is 5.48. The van der Waals surface area contributed by atoms with Gasteiger partial charge in [-0.1, -0.05) is 18.2 Å². The van der Waals surface area contributed by atoms with Gasteiger partial charge in [0, 0.05) is 10.8 Å². The summed E-state index contributed by atoms with van der Waals surface area (Å²) in [4.78, 5) is 11.2. The summed E-state index contributed by atoms with van der Waals surface area (Å²) in [5.41, 5.74) is 1.68. The zero-order valence-electron chi connectivity index (χ0n) is 12.0. The minimum atomic E-state index is -0.280. The van der Waals surface area contributed by atoms with Crippen molar-refractivity contribution in [1.29, 1.82) is 0 Å². The summed E-state index contributed by atoms with van der Waals surface area (Å²) in [5, 5.41) is 2.06. The van der Waals surface area contributed by atoms with Crippen LogP contribution in [0.1, 0.15) is 13.3 Å². The van der Waals surface area contributed by atoms with E-state index in [1.165, 1.54) is 7.11 Å². The molecule has 1 heterocycles. The molecule has 0 fully saturated rings. The van der Waals surface area contributed by atoms with Crippen molar-refractivity contribution in [3.63, 3.8) is 0 Å². The van der Waals surface area contributed by atoms with Crippen molar-refractivity contribution in [2.75, 3.05) is 7.11 Å². The Morgan fingerprint density at radius 1 is 1.14 bits per heavy atom. The van der Waals surface area contributed by atoms with E-state index in [4.69, 9.17) is 9.15 Å². The van der Waals surface area contributed by atoms with Crippen LogP contribution >= 0.6 is 0 Å². The minimum absolute atomic E-state index is 0.223. The quantitative estimate of drug-likeness (QED) is 0.681. The molecule has 108 valence electrons. The Bertz CT molecular complexity index is 788. The predicted octanol–water partition coefficient (Wildman–Crippen LogP) is 3.92. The van der Waals surface area contributed by atoms with E-state index in [1.54, 1.807) is 0 Å². The van der Waals surface area contributed by atoms with Crippen LogP contribution in [-0.2, 0) is 9.53 Å². The van der Waals surface area contributed by atoms with E-state index in [1.807, 2.05) is 49.4 Å². The largest absolute Gasteiger partial charge is 0.490 e. The third kappa shape index (κ3) is 2.70. The summed E-state index contributed by atoms with van der Waals surface area (Å²) in [6.45, 7) is 1.84. The van der Waals surface area contributed by atoms with Crippen LogP contribution in [0, 0.1) is 0 Å². The SMILES string of the molecule is COC(=O)CC(C)Oc1ccc2oc3ccccc3c2c1. The molecular formula is C17H16O4. The first kappa shape index (κ1) is 13.5. The van der Waals surface area contributed by atoms with Crippen LogP contribution < -0.4 is 4.74 Å². The number of fused-ring (bicyclic) bond motifs is 3.